The van der Waals surface area contributed by atoms with E-state index in [1.807, 2.05) is 0 Å². The lowest BCUT2D eigenvalue weighted by Gasteiger charge is -2.13. The van der Waals surface area contributed by atoms with Crippen LogP contribution in [0.4, 0.5) is 0 Å². The summed E-state index contributed by atoms with van der Waals surface area (Å²) in [6, 6.07) is 7.03. The van der Waals surface area contributed by atoms with Gasteiger partial charge in [0.15, 0.2) is 6.10 Å². The van der Waals surface area contributed by atoms with Crippen LogP contribution in [0.5, 0.6) is 5.75 Å². The highest BCUT2D eigenvalue weighted by molar-refractivity contribution is 5.97. The lowest BCUT2D eigenvalue weighted by molar-refractivity contribution is -0.154. The van der Waals surface area contributed by atoms with Crippen molar-refractivity contribution in [2.75, 3.05) is 13.7 Å². The molecule has 7 nitrogen and oxygen atoms in total. The number of rotatable bonds is 8. The Morgan fingerprint density at radius 1 is 1.25 bits per heavy atom. The van der Waals surface area contributed by atoms with Crippen LogP contribution in [0.15, 0.2) is 24.3 Å². The van der Waals surface area contributed by atoms with E-state index >= 15 is 0 Å². The first-order valence-corrected chi connectivity index (χ1v) is 7.92. The first kappa shape index (κ1) is 17.8. The average Bonchev–Trinajstić information content (AvgIpc) is 3.38. The number of nitrogens with one attached hydrogen (secondary N) is 2. The maximum atomic E-state index is 12.1. The Bertz CT molecular complexity index is 613. The lowest BCUT2D eigenvalue weighted by atomic mass is 10.2. The lowest BCUT2D eigenvalue weighted by Crippen LogP contribution is -2.37. The van der Waals surface area contributed by atoms with Gasteiger partial charge in [-0.1, -0.05) is 12.1 Å². The topological polar surface area (TPSA) is 93.7 Å². The molecule has 2 amide bonds. The number of esters is 1. The molecule has 0 spiro atoms. The van der Waals surface area contributed by atoms with Gasteiger partial charge in [-0.2, -0.15) is 0 Å². The number of ether oxygens (including phenoxy) is 2. The molecule has 0 aromatic heterocycles. The Kier molecular flexibility index (Phi) is 6.17. The number of hydrogen-bond acceptors (Lipinski definition) is 5. The number of para-hydroxylation sites is 1. The van der Waals surface area contributed by atoms with Gasteiger partial charge in [0.25, 0.3) is 11.8 Å². The first-order valence-electron chi connectivity index (χ1n) is 7.92. The second-order valence-corrected chi connectivity index (χ2v) is 5.62. The van der Waals surface area contributed by atoms with E-state index in [0.717, 1.165) is 12.8 Å². The fourth-order valence-corrected chi connectivity index (χ4v) is 2.06. The second kappa shape index (κ2) is 8.33. The van der Waals surface area contributed by atoms with E-state index in [2.05, 4.69) is 10.6 Å². The summed E-state index contributed by atoms with van der Waals surface area (Å²) in [7, 11) is 1.48. The van der Waals surface area contributed by atoms with Gasteiger partial charge in [0, 0.05) is 12.6 Å². The van der Waals surface area contributed by atoms with Gasteiger partial charge in [-0.15, -0.1) is 0 Å². The summed E-state index contributed by atoms with van der Waals surface area (Å²) >= 11 is 0. The molecule has 1 saturated carbocycles. The summed E-state index contributed by atoms with van der Waals surface area (Å²) in [6.45, 7) is 1.65. The molecular formula is C17H22N2O5. The van der Waals surface area contributed by atoms with Gasteiger partial charge in [-0.25, -0.2) is 0 Å². The maximum absolute atomic E-state index is 12.1. The summed E-state index contributed by atoms with van der Waals surface area (Å²) in [6.07, 6.45) is 1.10. The smallest absolute Gasteiger partial charge is 0.308 e. The molecule has 0 bridgehead atoms. The van der Waals surface area contributed by atoms with Crippen molar-refractivity contribution < 1.29 is 23.9 Å². The van der Waals surface area contributed by atoms with Crippen molar-refractivity contribution in [3.63, 3.8) is 0 Å². The maximum Gasteiger partial charge on any atom is 0.308 e. The fraction of sp³-hybridized carbons (Fsp3) is 0.471. The van der Waals surface area contributed by atoms with Crippen molar-refractivity contribution in [3.8, 4) is 5.75 Å². The molecule has 1 atom stereocenters. The van der Waals surface area contributed by atoms with Crippen molar-refractivity contribution in [1.82, 2.24) is 10.6 Å². The summed E-state index contributed by atoms with van der Waals surface area (Å²) in [5.41, 5.74) is 0.394. The molecule has 1 aliphatic rings. The number of hydrogen-bond donors (Lipinski definition) is 2. The zero-order valence-corrected chi connectivity index (χ0v) is 13.8. The van der Waals surface area contributed by atoms with E-state index in [0.29, 0.717) is 11.3 Å². The van der Waals surface area contributed by atoms with Gasteiger partial charge in [-0.3, -0.25) is 14.4 Å². The van der Waals surface area contributed by atoms with Crippen molar-refractivity contribution >= 4 is 17.8 Å². The third-order valence-electron chi connectivity index (χ3n) is 3.57. The van der Waals surface area contributed by atoms with Crippen LogP contribution in [0.3, 0.4) is 0 Å². The van der Waals surface area contributed by atoms with E-state index in [-0.39, 0.29) is 30.8 Å². The molecule has 0 unspecified atom stereocenters. The first-order chi connectivity index (χ1) is 11.5. The Balaban J connectivity index is 1.71. The molecule has 24 heavy (non-hydrogen) atoms. The number of methoxy groups -OCH3 is 1. The van der Waals surface area contributed by atoms with Gasteiger partial charge in [-0.05, 0) is 31.9 Å². The second-order valence-electron chi connectivity index (χ2n) is 5.62. The minimum absolute atomic E-state index is 0.0120. The number of amides is 2. The minimum Gasteiger partial charge on any atom is -0.496 e. The van der Waals surface area contributed by atoms with Gasteiger partial charge < -0.3 is 20.1 Å². The van der Waals surface area contributed by atoms with Crippen molar-refractivity contribution in [2.24, 2.45) is 0 Å². The molecular weight excluding hydrogens is 312 g/mol. The van der Waals surface area contributed by atoms with Crippen molar-refractivity contribution in [1.29, 1.82) is 0 Å². The van der Waals surface area contributed by atoms with E-state index in [9.17, 15) is 14.4 Å². The SMILES string of the molecule is COc1ccccc1C(=O)NCCC(=O)O[C@H](C)C(=O)NC1CC1. The minimum atomic E-state index is -0.831. The number of benzene rings is 1. The quantitative estimate of drug-likeness (QED) is 0.693. The predicted octanol–water partition coefficient (Wildman–Crippen LogP) is 1.03. The van der Waals surface area contributed by atoms with Crippen LogP contribution in [0, 0.1) is 0 Å². The molecule has 2 N–H and O–H groups in total. The molecule has 1 aliphatic carbocycles. The molecule has 1 aromatic rings. The van der Waals surface area contributed by atoms with Gasteiger partial charge in [0.2, 0.25) is 0 Å². The van der Waals surface area contributed by atoms with Crippen LogP contribution in [0.25, 0.3) is 0 Å². The van der Waals surface area contributed by atoms with E-state index < -0.39 is 12.1 Å². The molecule has 7 heteroatoms. The summed E-state index contributed by atoms with van der Waals surface area (Å²) in [5, 5.41) is 5.40. The summed E-state index contributed by atoms with van der Waals surface area (Å²) in [5.74, 6) is -0.694. The third kappa shape index (κ3) is 5.26. The molecule has 0 saturated heterocycles. The molecule has 130 valence electrons. The predicted molar refractivity (Wildman–Crippen MR) is 86.7 cm³/mol. The van der Waals surface area contributed by atoms with Crippen LogP contribution >= 0.6 is 0 Å². The van der Waals surface area contributed by atoms with Crippen LogP contribution in [-0.4, -0.2) is 43.6 Å². The zero-order valence-electron chi connectivity index (χ0n) is 13.8. The highest BCUT2D eigenvalue weighted by atomic mass is 16.5. The Labute approximate surface area is 140 Å². The highest BCUT2D eigenvalue weighted by Gasteiger charge is 2.27. The van der Waals surface area contributed by atoms with Crippen molar-refractivity contribution in [2.45, 2.75) is 38.3 Å². The summed E-state index contributed by atoms with van der Waals surface area (Å²) in [4.78, 5) is 35.5. The van der Waals surface area contributed by atoms with Gasteiger partial charge >= 0.3 is 5.97 Å². The number of carbonyl (C=O) groups is 3. The molecule has 0 heterocycles. The third-order valence-corrected chi connectivity index (χ3v) is 3.57. The number of carbonyl (C=O) groups excluding carboxylic acids is 3. The van der Waals surface area contributed by atoms with E-state index in [1.54, 1.807) is 24.3 Å². The van der Waals surface area contributed by atoms with Gasteiger partial charge in [0.05, 0.1) is 19.1 Å². The normalized spacial score (nSPS) is 14.4. The van der Waals surface area contributed by atoms with Gasteiger partial charge in [0.1, 0.15) is 5.75 Å². The van der Waals surface area contributed by atoms with E-state index in [4.69, 9.17) is 9.47 Å². The van der Waals surface area contributed by atoms with Crippen LogP contribution in [0.1, 0.15) is 36.5 Å². The zero-order chi connectivity index (χ0) is 17.5. The Hall–Kier alpha value is -2.57. The van der Waals surface area contributed by atoms with Crippen LogP contribution < -0.4 is 15.4 Å². The Morgan fingerprint density at radius 2 is 1.96 bits per heavy atom. The monoisotopic (exact) mass is 334 g/mol. The molecule has 1 aromatic carbocycles. The largest absolute Gasteiger partial charge is 0.496 e. The standard InChI is InChI=1S/C17H22N2O5/c1-11(16(21)19-12-7-8-12)24-15(20)9-10-18-17(22)13-5-3-4-6-14(13)23-2/h3-6,11-12H,7-10H2,1-2H3,(H,18,22)(H,19,21)/t11-/m1/s1. The molecule has 0 aliphatic heterocycles. The molecule has 0 radical (unpaired) electrons. The molecule has 1 fully saturated rings. The highest BCUT2D eigenvalue weighted by Crippen LogP contribution is 2.19. The fourth-order valence-electron chi connectivity index (χ4n) is 2.06. The summed E-state index contributed by atoms with van der Waals surface area (Å²) < 4.78 is 10.2. The van der Waals surface area contributed by atoms with Crippen molar-refractivity contribution in [3.05, 3.63) is 29.8 Å². The molecule has 2 rings (SSSR count). The van der Waals surface area contributed by atoms with E-state index in [1.165, 1.54) is 14.0 Å². The Morgan fingerprint density at radius 3 is 2.62 bits per heavy atom. The van der Waals surface area contributed by atoms with Crippen LogP contribution in [0.2, 0.25) is 0 Å². The average molecular weight is 334 g/mol. The van der Waals surface area contributed by atoms with Crippen LogP contribution in [-0.2, 0) is 14.3 Å².